The van der Waals surface area contributed by atoms with E-state index >= 15 is 0 Å². The zero-order chi connectivity index (χ0) is 14.1. The van der Waals surface area contributed by atoms with E-state index in [1.807, 2.05) is 25.1 Å². The van der Waals surface area contributed by atoms with E-state index in [1.54, 1.807) is 0 Å². The van der Waals surface area contributed by atoms with Gasteiger partial charge in [-0.1, -0.05) is 17.4 Å². The summed E-state index contributed by atoms with van der Waals surface area (Å²) in [6.45, 7) is 2.02. The van der Waals surface area contributed by atoms with E-state index in [0.717, 1.165) is 28.6 Å². The molecule has 0 atom stereocenters. The lowest BCUT2D eigenvalue weighted by atomic mass is 10.2. The maximum atomic E-state index is 11.7. The summed E-state index contributed by atoms with van der Waals surface area (Å²) < 4.78 is 1.04. The highest BCUT2D eigenvalue weighted by Gasteiger charge is 2.29. The molecule has 1 saturated carbocycles. The summed E-state index contributed by atoms with van der Waals surface area (Å²) in [5, 5.41) is 5.92. The Morgan fingerprint density at radius 2 is 2.20 bits per heavy atom. The first-order valence-corrected chi connectivity index (χ1v) is 7.38. The number of aryl methyl sites for hydroxylation is 1. The number of thiazole rings is 1. The molecule has 1 aromatic carbocycles. The number of fused-ring (bicyclic) bond motifs is 1. The van der Waals surface area contributed by atoms with Crippen molar-refractivity contribution in [3.63, 3.8) is 0 Å². The zero-order valence-electron chi connectivity index (χ0n) is 11.1. The number of nitrogens with one attached hydrogen (secondary N) is 2. The van der Waals surface area contributed by atoms with Crippen LogP contribution in [0.4, 0.5) is 5.13 Å². The number of rotatable bonds is 4. The first-order valence-electron chi connectivity index (χ1n) is 6.56. The lowest BCUT2D eigenvalue weighted by Crippen LogP contribution is -2.33. The normalized spacial score (nSPS) is 14.2. The van der Waals surface area contributed by atoms with Crippen LogP contribution >= 0.6 is 11.3 Å². The fraction of sp³-hybridized carbons (Fsp3) is 0.357. The number of aromatic nitrogens is 1. The van der Waals surface area contributed by atoms with E-state index in [0.29, 0.717) is 5.13 Å². The third-order valence-corrected chi connectivity index (χ3v) is 4.10. The fourth-order valence-corrected chi connectivity index (χ4v) is 2.89. The number of anilines is 1. The minimum Gasteiger partial charge on any atom is -0.347 e. The Kier molecular flexibility index (Phi) is 3.40. The maximum absolute atomic E-state index is 11.7. The largest absolute Gasteiger partial charge is 0.347 e. The summed E-state index contributed by atoms with van der Waals surface area (Å²) in [4.78, 5) is 27.5. The predicted octanol–water partition coefficient (Wildman–Crippen LogP) is 2.07. The van der Waals surface area contributed by atoms with Gasteiger partial charge in [-0.2, -0.15) is 0 Å². The van der Waals surface area contributed by atoms with Crippen molar-refractivity contribution in [3.05, 3.63) is 23.8 Å². The number of carbonyl (C=O) groups excluding carboxylic acids is 2. The van der Waals surface area contributed by atoms with Crippen molar-refractivity contribution in [3.8, 4) is 0 Å². The Morgan fingerprint density at radius 3 is 2.95 bits per heavy atom. The molecule has 0 radical (unpaired) electrons. The summed E-state index contributed by atoms with van der Waals surface area (Å²) in [6, 6.07) is 5.97. The lowest BCUT2D eigenvalue weighted by Gasteiger charge is -2.03. The third-order valence-electron chi connectivity index (χ3n) is 3.16. The van der Waals surface area contributed by atoms with E-state index in [9.17, 15) is 9.59 Å². The van der Waals surface area contributed by atoms with Gasteiger partial charge < -0.3 is 10.6 Å². The van der Waals surface area contributed by atoms with Gasteiger partial charge in [-0.15, -0.1) is 0 Å². The minimum absolute atomic E-state index is 0.00425. The summed E-state index contributed by atoms with van der Waals surface area (Å²) in [6.07, 6.45) is 1.87. The molecule has 1 fully saturated rings. The molecule has 1 heterocycles. The number of carbonyl (C=O) groups is 2. The molecule has 6 heteroatoms. The highest BCUT2D eigenvalue weighted by molar-refractivity contribution is 7.22. The van der Waals surface area contributed by atoms with Gasteiger partial charge in [-0.25, -0.2) is 4.98 Å². The second-order valence-corrected chi connectivity index (χ2v) is 6.06. The van der Waals surface area contributed by atoms with Crippen molar-refractivity contribution >= 4 is 38.5 Å². The van der Waals surface area contributed by atoms with Crippen molar-refractivity contribution in [1.29, 1.82) is 0 Å². The van der Waals surface area contributed by atoms with Gasteiger partial charge >= 0.3 is 0 Å². The summed E-state index contributed by atoms with van der Waals surface area (Å²) in [7, 11) is 0. The van der Waals surface area contributed by atoms with Gasteiger partial charge in [0.1, 0.15) is 0 Å². The van der Waals surface area contributed by atoms with Crippen LogP contribution in [0, 0.1) is 12.8 Å². The smallest absolute Gasteiger partial charge is 0.245 e. The topological polar surface area (TPSA) is 71.1 Å². The van der Waals surface area contributed by atoms with Gasteiger partial charge in [-0.05, 0) is 37.5 Å². The quantitative estimate of drug-likeness (QED) is 0.905. The summed E-state index contributed by atoms with van der Waals surface area (Å²) >= 11 is 1.44. The Balaban J connectivity index is 1.60. The SMILES string of the molecule is Cc1ccc2nc(NC(=O)CNC(=O)C3CC3)sc2c1. The number of amides is 2. The van der Waals surface area contributed by atoms with E-state index < -0.39 is 0 Å². The average molecular weight is 289 g/mol. The van der Waals surface area contributed by atoms with Crippen LogP contribution in [-0.2, 0) is 9.59 Å². The van der Waals surface area contributed by atoms with Gasteiger partial charge in [-0.3, -0.25) is 9.59 Å². The van der Waals surface area contributed by atoms with Crippen LogP contribution in [-0.4, -0.2) is 23.3 Å². The Hall–Kier alpha value is -1.95. The molecule has 0 aliphatic heterocycles. The first kappa shape index (κ1) is 13.1. The van der Waals surface area contributed by atoms with Crippen LogP contribution in [0.25, 0.3) is 10.2 Å². The molecule has 0 bridgehead atoms. The van der Waals surface area contributed by atoms with Crippen molar-refractivity contribution < 1.29 is 9.59 Å². The molecule has 2 amide bonds. The van der Waals surface area contributed by atoms with Crippen LogP contribution in [0.2, 0.25) is 0 Å². The molecular weight excluding hydrogens is 274 g/mol. The summed E-state index contributed by atoms with van der Waals surface area (Å²) in [5.41, 5.74) is 2.04. The zero-order valence-corrected chi connectivity index (χ0v) is 11.9. The number of benzene rings is 1. The molecule has 20 heavy (non-hydrogen) atoms. The second kappa shape index (κ2) is 5.20. The molecule has 1 aliphatic rings. The average Bonchev–Trinajstić information content (AvgIpc) is 3.18. The van der Waals surface area contributed by atoms with Crippen LogP contribution in [0.3, 0.4) is 0 Å². The Labute approximate surface area is 120 Å². The van der Waals surface area contributed by atoms with Crippen molar-refractivity contribution in [2.45, 2.75) is 19.8 Å². The van der Waals surface area contributed by atoms with Gasteiger partial charge in [0.15, 0.2) is 5.13 Å². The lowest BCUT2D eigenvalue weighted by molar-refractivity contribution is -0.125. The minimum atomic E-state index is -0.241. The molecule has 2 aromatic rings. The fourth-order valence-electron chi connectivity index (χ4n) is 1.91. The molecular formula is C14H15N3O2S. The monoisotopic (exact) mass is 289 g/mol. The molecule has 0 saturated heterocycles. The highest BCUT2D eigenvalue weighted by atomic mass is 32.1. The number of hydrogen-bond acceptors (Lipinski definition) is 4. The van der Waals surface area contributed by atoms with Crippen molar-refractivity contribution in [2.24, 2.45) is 5.92 Å². The van der Waals surface area contributed by atoms with E-state index in [2.05, 4.69) is 15.6 Å². The van der Waals surface area contributed by atoms with Crippen LogP contribution in [0.1, 0.15) is 18.4 Å². The van der Waals surface area contributed by atoms with Gasteiger partial charge in [0.25, 0.3) is 0 Å². The maximum Gasteiger partial charge on any atom is 0.245 e. The Morgan fingerprint density at radius 1 is 1.40 bits per heavy atom. The highest BCUT2D eigenvalue weighted by Crippen LogP contribution is 2.28. The molecule has 5 nitrogen and oxygen atoms in total. The first-order chi connectivity index (χ1) is 9.61. The van der Waals surface area contributed by atoms with Crippen LogP contribution in [0.15, 0.2) is 18.2 Å². The van der Waals surface area contributed by atoms with E-state index in [1.165, 1.54) is 11.3 Å². The van der Waals surface area contributed by atoms with E-state index in [4.69, 9.17) is 0 Å². The Bertz CT molecular complexity index is 676. The standard InChI is InChI=1S/C14H15N3O2S/c1-8-2-5-10-11(6-8)20-14(16-10)17-12(18)7-15-13(19)9-3-4-9/h2,5-6,9H,3-4,7H2,1H3,(H,15,19)(H,16,17,18). The second-order valence-electron chi connectivity index (χ2n) is 5.03. The van der Waals surface area contributed by atoms with Crippen LogP contribution in [0.5, 0.6) is 0 Å². The van der Waals surface area contributed by atoms with E-state index in [-0.39, 0.29) is 24.3 Å². The predicted molar refractivity (Wildman–Crippen MR) is 78.7 cm³/mol. The van der Waals surface area contributed by atoms with Crippen LogP contribution < -0.4 is 10.6 Å². The molecule has 2 N–H and O–H groups in total. The van der Waals surface area contributed by atoms with Gasteiger partial charge in [0.2, 0.25) is 11.8 Å². The van der Waals surface area contributed by atoms with Gasteiger partial charge in [0.05, 0.1) is 16.8 Å². The number of hydrogen-bond donors (Lipinski definition) is 2. The molecule has 1 aliphatic carbocycles. The number of nitrogens with zero attached hydrogens (tertiary/aromatic N) is 1. The van der Waals surface area contributed by atoms with Gasteiger partial charge in [0, 0.05) is 5.92 Å². The molecule has 1 aromatic heterocycles. The van der Waals surface area contributed by atoms with Crippen molar-refractivity contribution in [2.75, 3.05) is 11.9 Å². The molecule has 104 valence electrons. The molecule has 0 unspecified atom stereocenters. The third kappa shape index (κ3) is 2.96. The summed E-state index contributed by atoms with van der Waals surface area (Å²) in [5.74, 6) is -0.150. The molecule has 3 rings (SSSR count). The molecule has 0 spiro atoms. The van der Waals surface area contributed by atoms with Crippen molar-refractivity contribution in [1.82, 2.24) is 10.3 Å².